The van der Waals surface area contributed by atoms with E-state index in [9.17, 15) is 18.0 Å². The third kappa shape index (κ3) is 3.28. The van der Waals surface area contributed by atoms with E-state index in [0.717, 1.165) is 11.3 Å². The van der Waals surface area contributed by atoms with E-state index < -0.39 is 16.0 Å². The number of carbonyl (C=O) groups excluding carboxylic acids is 1. The highest BCUT2D eigenvalue weighted by atomic mass is 32.2. The normalized spacial score (nSPS) is 13.4. The predicted octanol–water partition coefficient (Wildman–Crippen LogP) is 2.40. The van der Waals surface area contributed by atoms with Crippen molar-refractivity contribution >= 4 is 33.3 Å². The minimum atomic E-state index is -3.88. The van der Waals surface area contributed by atoms with Gasteiger partial charge >= 0.3 is 5.97 Å². The Labute approximate surface area is 151 Å². The summed E-state index contributed by atoms with van der Waals surface area (Å²) in [5.41, 5.74) is 2.34. The van der Waals surface area contributed by atoms with Crippen LogP contribution in [0.1, 0.15) is 28.4 Å². The average Bonchev–Trinajstić information content (AvgIpc) is 2.99. The zero-order valence-corrected chi connectivity index (χ0v) is 15.1. The van der Waals surface area contributed by atoms with Crippen molar-refractivity contribution in [3.8, 4) is 0 Å². The fourth-order valence-electron chi connectivity index (χ4n) is 2.94. The van der Waals surface area contributed by atoms with Gasteiger partial charge in [0.25, 0.3) is 10.0 Å². The van der Waals surface area contributed by atoms with Crippen LogP contribution in [0.25, 0.3) is 0 Å². The van der Waals surface area contributed by atoms with Crippen molar-refractivity contribution in [3.05, 3.63) is 53.1 Å². The van der Waals surface area contributed by atoms with Crippen molar-refractivity contribution in [2.45, 2.75) is 25.2 Å². The largest absolute Gasteiger partial charge is 0.478 e. The monoisotopic (exact) mass is 374 g/mol. The van der Waals surface area contributed by atoms with E-state index in [4.69, 9.17) is 5.11 Å². The Morgan fingerprint density at radius 3 is 2.54 bits per heavy atom. The van der Waals surface area contributed by atoms with Gasteiger partial charge < -0.3 is 10.0 Å². The van der Waals surface area contributed by atoms with Crippen LogP contribution in [0.4, 0.5) is 11.4 Å². The van der Waals surface area contributed by atoms with Gasteiger partial charge in [-0.2, -0.15) is 0 Å². The Bertz CT molecular complexity index is 1010. The number of benzene rings is 2. The highest BCUT2D eigenvalue weighted by Crippen LogP contribution is 2.31. The topological polar surface area (TPSA) is 104 Å². The molecule has 0 radical (unpaired) electrons. The highest BCUT2D eigenvalue weighted by Gasteiger charge is 2.25. The van der Waals surface area contributed by atoms with Crippen LogP contribution in [0, 0.1) is 6.92 Å². The summed E-state index contributed by atoms with van der Waals surface area (Å²) in [5, 5.41) is 9.08. The second-order valence-electron chi connectivity index (χ2n) is 6.15. The van der Waals surface area contributed by atoms with Gasteiger partial charge in [0.1, 0.15) is 0 Å². The summed E-state index contributed by atoms with van der Waals surface area (Å²) in [6.07, 6.45) is 0.589. The number of anilines is 2. The number of sulfonamides is 1. The molecule has 0 unspecified atom stereocenters. The van der Waals surface area contributed by atoms with Gasteiger partial charge in [-0.25, -0.2) is 13.2 Å². The maximum atomic E-state index is 12.7. The number of amides is 1. The summed E-state index contributed by atoms with van der Waals surface area (Å²) in [5.74, 6) is -1.22. The van der Waals surface area contributed by atoms with E-state index >= 15 is 0 Å². The van der Waals surface area contributed by atoms with Crippen LogP contribution in [0.5, 0.6) is 0 Å². The summed E-state index contributed by atoms with van der Waals surface area (Å²) in [7, 11) is -3.88. The number of hydrogen-bond acceptors (Lipinski definition) is 4. The third-order valence-corrected chi connectivity index (χ3v) is 5.73. The van der Waals surface area contributed by atoms with Crippen molar-refractivity contribution in [1.82, 2.24) is 0 Å². The zero-order valence-electron chi connectivity index (χ0n) is 14.3. The van der Waals surface area contributed by atoms with Gasteiger partial charge in [-0.3, -0.25) is 9.52 Å². The van der Waals surface area contributed by atoms with Crippen LogP contribution >= 0.6 is 0 Å². The number of aryl methyl sites for hydroxylation is 1. The number of carboxylic acid groups (broad SMARTS) is 1. The molecule has 7 nitrogen and oxygen atoms in total. The van der Waals surface area contributed by atoms with Crippen LogP contribution in [0.3, 0.4) is 0 Å². The first kappa shape index (κ1) is 17.9. The van der Waals surface area contributed by atoms with Gasteiger partial charge in [0.05, 0.1) is 16.1 Å². The van der Waals surface area contributed by atoms with Crippen molar-refractivity contribution in [1.29, 1.82) is 0 Å². The molecule has 2 N–H and O–H groups in total. The number of nitrogens with zero attached hydrogens (tertiary/aromatic N) is 1. The molecule has 0 atom stereocenters. The summed E-state index contributed by atoms with van der Waals surface area (Å²) >= 11 is 0. The standard InChI is InChI=1S/C18H18N2O5S/c1-11-3-4-14(18(22)23)10-16(11)19-26(24,25)15-5-6-17-13(9-15)7-8-20(17)12(2)21/h3-6,9-10,19H,7-8H2,1-2H3,(H,22,23). The Balaban J connectivity index is 1.94. The molecule has 0 saturated carbocycles. The van der Waals surface area contributed by atoms with Crippen molar-refractivity contribution in [2.24, 2.45) is 0 Å². The second kappa shape index (κ2) is 6.45. The molecule has 26 heavy (non-hydrogen) atoms. The number of aromatic carboxylic acids is 1. The lowest BCUT2D eigenvalue weighted by atomic mass is 10.1. The Morgan fingerprint density at radius 2 is 1.88 bits per heavy atom. The molecule has 136 valence electrons. The molecule has 0 aliphatic carbocycles. The van der Waals surface area contributed by atoms with Gasteiger partial charge in [-0.15, -0.1) is 0 Å². The molecule has 0 bridgehead atoms. The summed E-state index contributed by atoms with van der Waals surface area (Å²) in [6.45, 7) is 3.69. The van der Waals surface area contributed by atoms with Crippen LogP contribution in [0.2, 0.25) is 0 Å². The lowest BCUT2D eigenvalue weighted by Crippen LogP contribution is -2.25. The fourth-order valence-corrected chi connectivity index (χ4v) is 4.11. The number of carbonyl (C=O) groups is 2. The second-order valence-corrected chi connectivity index (χ2v) is 7.83. The minimum Gasteiger partial charge on any atom is -0.478 e. The molecule has 1 aliphatic rings. The van der Waals surface area contributed by atoms with E-state index in [1.165, 1.54) is 25.1 Å². The first-order valence-electron chi connectivity index (χ1n) is 7.97. The third-order valence-electron chi connectivity index (χ3n) is 4.37. The molecule has 2 aromatic rings. The van der Waals surface area contributed by atoms with Gasteiger partial charge in [-0.05, 0) is 54.8 Å². The summed E-state index contributed by atoms with van der Waals surface area (Å²) in [6, 6.07) is 8.88. The van der Waals surface area contributed by atoms with Crippen LogP contribution < -0.4 is 9.62 Å². The lowest BCUT2D eigenvalue weighted by molar-refractivity contribution is -0.116. The number of nitrogens with one attached hydrogen (secondary N) is 1. The van der Waals surface area contributed by atoms with Crippen LogP contribution in [-0.2, 0) is 21.2 Å². The average molecular weight is 374 g/mol. The first-order valence-corrected chi connectivity index (χ1v) is 9.45. The minimum absolute atomic E-state index is 0.000599. The fraction of sp³-hybridized carbons (Fsp3) is 0.222. The Hall–Kier alpha value is -2.87. The predicted molar refractivity (Wildman–Crippen MR) is 97.1 cm³/mol. The number of carboxylic acids is 1. The van der Waals surface area contributed by atoms with Crippen LogP contribution in [-0.4, -0.2) is 31.9 Å². The molecule has 0 fully saturated rings. The molecule has 0 spiro atoms. The molecule has 1 heterocycles. The SMILES string of the molecule is CC(=O)N1CCc2cc(S(=O)(=O)Nc3cc(C(=O)O)ccc3C)ccc21. The smallest absolute Gasteiger partial charge is 0.335 e. The van der Waals surface area contributed by atoms with E-state index in [2.05, 4.69) is 4.72 Å². The van der Waals surface area contributed by atoms with Gasteiger partial charge in [0.15, 0.2) is 0 Å². The maximum absolute atomic E-state index is 12.7. The molecule has 3 rings (SSSR count). The molecule has 1 amide bonds. The number of fused-ring (bicyclic) bond motifs is 1. The van der Waals surface area contributed by atoms with Crippen LogP contribution in [0.15, 0.2) is 41.3 Å². The van der Waals surface area contributed by atoms with E-state index in [-0.39, 0.29) is 22.1 Å². The highest BCUT2D eigenvalue weighted by molar-refractivity contribution is 7.92. The molecule has 2 aromatic carbocycles. The molecule has 1 aliphatic heterocycles. The zero-order chi connectivity index (χ0) is 19.1. The maximum Gasteiger partial charge on any atom is 0.335 e. The van der Waals surface area contributed by atoms with E-state index in [1.807, 2.05) is 0 Å². The van der Waals surface area contributed by atoms with Crippen molar-refractivity contribution < 1.29 is 23.1 Å². The molecule has 0 saturated heterocycles. The molecular formula is C18H18N2O5S. The number of rotatable bonds is 4. The molecule has 8 heteroatoms. The summed E-state index contributed by atoms with van der Waals surface area (Å²) < 4.78 is 27.9. The van der Waals surface area contributed by atoms with Gasteiger partial charge in [-0.1, -0.05) is 6.07 Å². The van der Waals surface area contributed by atoms with Gasteiger partial charge in [0, 0.05) is 19.2 Å². The van der Waals surface area contributed by atoms with Crippen molar-refractivity contribution in [2.75, 3.05) is 16.2 Å². The van der Waals surface area contributed by atoms with E-state index in [1.54, 1.807) is 30.0 Å². The Morgan fingerprint density at radius 1 is 1.15 bits per heavy atom. The van der Waals surface area contributed by atoms with Gasteiger partial charge in [0.2, 0.25) is 5.91 Å². The molecule has 0 aromatic heterocycles. The Kier molecular flexibility index (Phi) is 4.45. The van der Waals surface area contributed by atoms with Crippen molar-refractivity contribution in [3.63, 3.8) is 0 Å². The quantitative estimate of drug-likeness (QED) is 0.855. The van der Waals surface area contributed by atoms with E-state index in [0.29, 0.717) is 18.5 Å². The summed E-state index contributed by atoms with van der Waals surface area (Å²) in [4.78, 5) is 24.4. The lowest BCUT2D eigenvalue weighted by Gasteiger charge is -2.15. The molecular weight excluding hydrogens is 356 g/mol. The number of hydrogen-bond donors (Lipinski definition) is 2. The first-order chi connectivity index (χ1) is 12.2.